The van der Waals surface area contributed by atoms with Gasteiger partial charge in [0.05, 0.1) is 0 Å². The van der Waals surface area contributed by atoms with Crippen LogP contribution in [-0.4, -0.2) is 47.8 Å². The van der Waals surface area contributed by atoms with Gasteiger partial charge in [-0.25, -0.2) is 0 Å². The fourth-order valence-corrected chi connectivity index (χ4v) is 3.40. The number of hydrogen-bond acceptors (Lipinski definition) is 2. The van der Waals surface area contributed by atoms with Crippen LogP contribution in [0.1, 0.15) is 52.4 Å². The van der Waals surface area contributed by atoms with Gasteiger partial charge in [0.1, 0.15) is 0 Å². The molecule has 114 valence electrons. The Hall–Kier alpha value is -1.06. The van der Waals surface area contributed by atoms with E-state index >= 15 is 0 Å². The summed E-state index contributed by atoms with van der Waals surface area (Å²) in [7, 11) is 0. The van der Waals surface area contributed by atoms with Crippen molar-refractivity contribution in [2.45, 2.75) is 52.4 Å². The van der Waals surface area contributed by atoms with Crippen LogP contribution in [0.5, 0.6) is 0 Å². The van der Waals surface area contributed by atoms with Crippen LogP contribution in [0.25, 0.3) is 0 Å². The summed E-state index contributed by atoms with van der Waals surface area (Å²) in [5.74, 6) is 1.37. The van der Waals surface area contributed by atoms with Crippen LogP contribution in [0.15, 0.2) is 0 Å². The third kappa shape index (κ3) is 3.74. The lowest BCUT2D eigenvalue weighted by atomic mass is 9.92. The summed E-state index contributed by atoms with van der Waals surface area (Å²) in [6, 6.07) is 0. The van der Waals surface area contributed by atoms with Gasteiger partial charge in [0, 0.05) is 38.5 Å². The second-order valence-electron chi connectivity index (χ2n) is 6.44. The second kappa shape index (κ2) is 7.09. The van der Waals surface area contributed by atoms with E-state index in [4.69, 9.17) is 0 Å². The van der Waals surface area contributed by atoms with E-state index in [2.05, 4.69) is 11.8 Å². The molecule has 2 saturated heterocycles. The molecule has 0 unspecified atom stereocenters. The van der Waals surface area contributed by atoms with Gasteiger partial charge < -0.3 is 9.80 Å². The molecule has 0 saturated carbocycles. The van der Waals surface area contributed by atoms with Crippen molar-refractivity contribution < 1.29 is 9.59 Å². The molecule has 0 aromatic heterocycles. The first-order valence-electron chi connectivity index (χ1n) is 8.18. The summed E-state index contributed by atoms with van der Waals surface area (Å²) >= 11 is 0. The van der Waals surface area contributed by atoms with Crippen LogP contribution < -0.4 is 0 Å². The van der Waals surface area contributed by atoms with E-state index in [1.54, 1.807) is 0 Å². The molecule has 20 heavy (non-hydrogen) atoms. The standard InChI is InChI=1S/C16H28N2O2/c1-3-5-15(19)17-10-7-14(8-11-17)16(20)18-9-4-6-13(2)12-18/h13-14H,3-12H2,1-2H3/t13-/m1/s1. The smallest absolute Gasteiger partial charge is 0.225 e. The van der Waals surface area contributed by atoms with Crippen molar-refractivity contribution in [3.8, 4) is 0 Å². The molecule has 0 aromatic rings. The zero-order chi connectivity index (χ0) is 14.5. The number of rotatable bonds is 3. The third-order valence-electron chi connectivity index (χ3n) is 4.63. The van der Waals surface area contributed by atoms with Gasteiger partial charge in [0.2, 0.25) is 11.8 Å². The Morgan fingerprint density at radius 1 is 1.05 bits per heavy atom. The average Bonchev–Trinajstić information content (AvgIpc) is 2.47. The molecule has 2 aliphatic heterocycles. The molecule has 2 amide bonds. The van der Waals surface area contributed by atoms with Crippen LogP contribution >= 0.6 is 0 Å². The minimum Gasteiger partial charge on any atom is -0.343 e. The molecule has 0 spiro atoms. The highest BCUT2D eigenvalue weighted by Gasteiger charge is 2.31. The summed E-state index contributed by atoms with van der Waals surface area (Å²) in [5.41, 5.74) is 0. The maximum absolute atomic E-state index is 12.5. The topological polar surface area (TPSA) is 40.6 Å². The van der Waals surface area contributed by atoms with Crippen molar-refractivity contribution in [1.82, 2.24) is 9.80 Å². The van der Waals surface area contributed by atoms with Gasteiger partial charge in [-0.3, -0.25) is 9.59 Å². The SMILES string of the molecule is CCCC(=O)N1CCC(C(=O)N2CCC[C@@H](C)C2)CC1. The van der Waals surface area contributed by atoms with Gasteiger partial charge in [0.15, 0.2) is 0 Å². The Morgan fingerprint density at radius 3 is 2.35 bits per heavy atom. The number of amides is 2. The zero-order valence-electron chi connectivity index (χ0n) is 12.9. The summed E-state index contributed by atoms with van der Waals surface area (Å²) in [6.45, 7) is 7.64. The van der Waals surface area contributed by atoms with Gasteiger partial charge in [-0.1, -0.05) is 13.8 Å². The van der Waals surface area contributed by atoms with Gasteiger partial charge in [-0.2, -0.15) is 0 Å². The van der Waals surface area contributed by atoms with Crippen molar-refractivity contribution in [2.75, 3.05) is 26.2 Å². The number of hydrogen-bond donors (Lipinski definition) is 0. The van der Waals surface area contributed by atoms with Crippen molar-refractivity contribution in [3.05, 3.63) is 0 Å². The highest BCUT2D eigenvalue weighted by atomic mass is 16.2. The van der Waals surface area contributed by atoms with E-state index in [9.17, 15) is 9.59 Å². The molecule has 2 heterocycles. The van der Waals surface area contributed by atoms with Crippen LogP contribution in [0.4, 0.5) is 0 Å². The van der Waals surface area contributed by atoms with Crippen molar-refractivity contribution in [1.29, 1.82) is 0 Å². The number of carbonyl (C=O) groups excluding carboxylic acids is 2. The predicted molar refractivity (Wildman–Crippen MR) is 79.2 cm³/mol. The Morgan fingerprint density at radius 2 is 1.75 bits per heavy atom. The molecule has 0 bridgehead atoms. The van der Waals surface area contributed by atoms with E-state index in [0.29, 0.717) is 18.2 Å². The van der Waals surface area contributed by atoms with Gasteiger partial charge in [-0.15, -0.1) is 0 Å². The summed E-state index contributed by atoms with van der Waals surface area (Å²) in [6.07, 6.45) is 5.62. The van der Waals surface area contributed by atoms with Gasteiger partial charge in [0.25, 0.3) is 0 Å². The van der Waals surface area contributed by atoms with Gasteiger partial charge in [-0.05, 0) is 38.0 Å². The molecule has 2 fully saturated rings. The molecule has 4 heteroatoms. The van der Waals surface area contributed by atoms with Gasteiger partial charge >= 0.3 is 0 Å². The zero-order valence-corrected chi connectivity index (χ0v) is 12.9. The first kappa shape index (κ1) is 15.3. The highest BCUT2D eigenvalue weighted by molar-refractivity contribution is 5.80. The Bertz CT molecular complexity index is 348. The monoisotopic (exact) mass is 280 g/mol. The predicted octanol–water partition coefficient (Wildman–Crippen LogP) is 2.28. The maximum Gasteiger partial charge on any atom is 0.225 e. The minimum atomic E-state index is 0.144. The molecule has 2 rings (SSSR count). The molecule has 4 nitrogen and oxygen atoms in total. The summed E-state index contributed by atoms with van der Waals surface area (Å²) in [5, 5.41) is 0. The largest absolute Gasteiger partial charge is 0.343 e. The lowest BCUT2D eigenvalue weighted by Gasteiger charge is -2.37. The molecular weight excluding hydrogens is 252 g/mol. The molecule has 0 aromatic carbocycles. The van der Waals surface area contributed by atoms with Crippen molar-refractivity contribution in [3.63, 3.8) is 0 Å². The average molecular weight is 280 g/mol. The third-order valence-corrected chi connectivity index (χ3v) is 4.63. The molecular formula is C16H28N2O2. The number of piperidine rings is 2. The van der Waals surface area contributed by atoms with Crippen molar-refractivity contribution in [2.24, 2.45) is 11.8 Å². The fraction of sp³-hybridized carbons (Fsp3) is 0.875. The first-order chi connectivity index (χ1) is 9.61. The minimum absolute atomic E-state index is 0.144. The fourth-order valence-electron chi connectivity index (χ4n) is 3.40. The Kier molecular flexibility index (Phi) is 5.44. The van der Waals surface area contributed by atoms with Crippen LogP contribution in [0, 0.1) is 11.8 Å². The number of nitrogens with zero attached hydrogens (tertiary/aromatic N) is 2. The molecule has 1 atom stereocenters. The van der Waals surface area contributed by atoms with Crippen LogP contribution in [0.2, 0.25) is 0 Å². The maximum atomic E-state index is 12.5. The molecule has 2 aliphatic rings. The Balaban J connectivity index is 1.81. The number of likely N-dealkylation sites (tertiary alicyclic amines) is 2. The summed E-state index contributed by atoms with van der Waals surface area (Å²) in [4.78, 5) is 28.4. The van der Waals surface area contributed by atoms with E-state index in [-0.39, 0.29) is 11.8 Å². The van der Waals surface area contributed by atoms with E-state index < -0.39 is 0 Å². The molecule has 0 N–H and O–H groups in total. The molecule has 0 aliphatic carbocycles. The van der Waals surface area contributed by atoms with Crippen LogP contribution in [0.3, 0.4) is 0 Å². The van der Waals surface area contributed by atoms with Crippen molar-refractivity contribution >= 4 is 11.8 Å². The second-order valence-corrected chi connectivity index (χ2v) is 6.44. The van der Waals surface area contributed by atoms with E-state index in [1.165, 1.54) is 6.42 Å². The summed E-state index contributed by atoms with van der Waals surface area (Å²) < 4.78 is 0. The van der Waals surface area contributed by atoms with E-state index in [0.717, 1.165) is 51.9 Å². The van der Waals surface area contributed by atoms with E-state index in [1.807, 2.05) is 11.8 Å². The van der Waals surface area contributed by atoms with Crippen LogP contribution in [-0.2, 0) is 9.59 Å². The molecule has 0 radical (unpaired) electrons. The highest BCUT2D eigenvalue weighted by Crippen LogP contribution is 2.23. The normalized spacial score (nSPS) is 24.8. The lowest BCUT2D eigenvalue weighted by Crippen LogP contribution is -2.46. The lowest BCUT2D eigenvalue weighted by molar-refractivity contribution is -0.142. The number of carbonyl (C=O) groups is 2. The quantitative estimate of drug-likeness (QED) is 0.796. The first-order valence-corrected chi connectivity index (χ1v) is 8.18. The Labute approximate surface area is 122 Å².